The first-order chi connectivity index (χ1) is 9.00. The fourth-order valence-corrected chi connectivity index (χ4v) is 2.30. The molecular formula is C16H21NO2. The number of carbonyl (C=O) groups excluding carboxylic acids is 2. The van der Waals surface area contributed by atoms with Gasteiger partial charge in [-0.2, -0.15) is 0 Å². The minimum atomic E-state index is -0.0562. The molecule has 1 unspecified atom stereocenters. The van der Waals surface area contributed by atoms with Crippen LogP contribution in [0, 0.1) is 11.8 Å². The van der Waals surface area contributed by atoms with E-state index < -0.39 is 0 Å². The number of hydrogen-bond acceptors (Lipinski definition) is 2. The van der Waals surface area contributed by atoms with Crippen molar-refractivity contribution < 1.29 is 9.59 Å². The first-order valence-corrected chi connectivity index (χ1v) is 6.96. The Morgan fingerprint density at radius 1 is 1.26 bits per heavy atom. The predicted molar refractivity (Wildman–Crippen MR) is 75.4 cm³/mol. The van der Waals surface area contributed by atoms with Gasteiger partial charge < -0.3 is 5.32 Å². The zero-order chi connectivity index (χ0) is 14.0. The van der Waals surface area contributed by atoms with E-state index in [4.69, 9.17) is 0 Å². The van der Waals surface area contributed by atoms with Gasteiger partial charge in [-0.05, 0) is 30.4 Å². The van der Waals surface area contributed by atoms with Crippen LogP contribution in [0.5, 0.6) is 0 Å². The van der Waals surface area contributed by atoms with E-state index in [2.05, 4.69) is 5.32 Å². The van der Waals surface area contributed by atoms with Gasteiger partial charge in [-0.25, -0.2) is 0 Å². The fraction of sp³-hybridized carbons (Fsp3) is 0.500. The minimum Gasteiger partial charge on any atom is -0.352 e. The molecule has 3 heteroatoms. The normalized spacial score (nSPS) is 16.5. The van der Waals surface area contributed by atoms with E-state index in [9.17, 15) is 9.59 Å². The molecule has 1 aromatic carbocycles. The van der Waals surface area contributed by atoms with Gasteiger partial charge in [-0.1, -0.05) is 32.9 Å². The lowest BCUT2D eigenvalue weighted by Crippen LogP contribution is -2.23. The Balaban J connectivity index is 2.35. The van der Waals surface area contributed by atoms with Crippen molar-refractivity contribution in [2.24, 2.45) is 11.8 Å². The standard InChI is InChI=1S/C16H21NO2/c1-10(2)11(3)15(18)13-7-6-12-5-4-8-17-16(19)14(12)9-13/h6-7,9-11H,4-5,8H2,1-3H3,(H,17,19). The highest BCUT2D eigenvalue weighted by Gasteiger charge is 2.21. The summed E-state index contributed by atoms with van der Waals surface area (Å²) in [7, 11) is 0. The third-order valence-corrected chi connectivity index (χ3v) is 3.96. The van der Waals surface area contributed by atoms with Crippen LogP contribution in [0.1, 0.15) is 53.5 Å². The third kappa shape index (κ3) is 2.86. The Morgan fingerprint density at radius 3 is 2.68 bits per heavy atom. The number of Topliss-reactive ketones (excluding diaryl/α,β-unsaturated/α-hetero) is 1. The second-order valence-corrected chi connectivity index (χ2v) is 5.63. The smallest absolute Gasteiger partial charge is 0.251 e. The van der Waals surface area contributed by atoms with E-state index in [0.717, 1.165) is 18.4 Å². The van der Waals surface area contributed by atoms with E-state index in [1.165, 1.54) is 0 Å². The van der Waals surface area contributed by atoms with Crippen LogP contribution in [0.3, 0.4) is 0 Å². The summed E-state index contributed by atoms with van der Waals surface area (Å²) in [6.07, 6.45) is 1.84. The number of carbonyl (C=O) groups is 2. The Kier molecular flexibility index (Phi) is 4.03. The molecule has 1 aromatic rings. The molecular weight excluding hydrogens is 238 g/mol. The average Bonchev–Trinajstić information content (AvgIpc) is 2.58. The number of rotatable bonds is 3. The molecule has 0 spiro atoms. The Morgan fingerprint density at radius 2 is 2.00 bits per heavy atom. The maximum atomic E-state index is 12.3. The molecule has 102 valence electrons. The number of amides is 1. The molecule has 0 radical (unpaired) electrons. The van der Waals surface area contributed by atoms with Crippen molar-refractivity contribution in [3.63, 3.8) is 0 Å². The maximum Gasteiger partial charge on any atom is 0.251 e. The SMILES string of the molecule is CC(C)C(C)C(=O)c1ccc2c(c1)C(=O)NCCC2. The fourth-order valence-electron chi connectivity index (χ4n) is 2.30. The lowest BCUT2D eigenvalue weighted by atomic mass is 9.88. The molecule has 1 N–H and O–H groups in total. The van der Waals surface area contributed by atoms with Crippen LogP contribution in [0.2, 0.25) is 0 Å². The van der Waals surface area contributed by atoms with Gasteiger partial charge in [0.05, 0.1) is 0 Å². The molecule has 1 heterocycles. The van der Waals surface area contributed by atoms with Crippen LogP contribution in [0.15, 0.2) is 18.2 Å². The Hall–Kier alpha value is -1.64. The van der Waals surface area contributed by atoms with E-state index in [1.54, 1.807) is 6.07 Å². The first kappa shape index (κ1) is 13.8. The summed E-state index contributed by atoms with van der Waals surface area (Å²) in [6.45, 7) is 6.73. The number of nitrogens with one attached hydrogen (secondary N) is 1. The summed E-state index contributed by atoms with van der Waals surface area (Å²) in [4.78, 5) is 24.3. The molecule has 19 heavy (non-hydrogen) atoms. The number of fused-ring (bicyclic) bond motifs is 1. The van der Waals surface area contributed by atoms with Gasteiger partial charge >= 0.3 is 0 Å². The Labute approximate surface area is 114 Å². The highest BCUT2D eigenvalue weighted by molar-refractivity contribution is 6.02. The highest BCUT2D eigenvalue weighted by Crippen LogP contribution is 2.21. The second-order valence-electron chi connectivity index (χ2n) is 5.63. The summed E-state index contributed by atoms with van der Waals surface area (Å²) >= 11 is 0. The molecule has 0 fully saturated rings. The quantitative estimate of drug-likeness (QED) is 0.848. The van der Waals surface area contributed by atoms with E-state index in [1.807, 2.05) is 32.9 Å². The third-order valence-electron chi connectivity index (χ3n) is 3.96. The van der Waals surface area contributed by atoms with E-state index >= 15 is 0 Å². The van der Waals surface area contributed by atoms with Crippen LogP contribution in [0.4, 0.5) is 0 Å². The van der Waals surface area contributed by atoms with Crippen molar-refractivity contribution in [2.45, 2.75) is 33.6 Å². The second kappa shape index (κ2) is 5.55. The highest BCUT2D eigenvalue weighted by atomic mass is 16.1. The lowest BCUT2D eigenvalue weighted by molar-refractivity contribution is 0.0899. The molecule has 1 aliphatic heterocycles. The maximum absolute atomic E-state index is 12.3. The van der Waals surface area contributed by atoms with E-state index in [-0.39, 0.29) is 17.6 Å². The number of ketones is 1. The largest absolute Gasteiger partial charge is 0.352 e. The van der Waals surface area contributed by atoms with Crippen molar-refractivity contribution in [3.8, 4) is 0 Å². The van der Waals surface area contributed by atoms with Crippen molar-refractivity contribution in [1.82, 2.24) is 5.32 Å². The van der Waals surface area contributed by atoms with Gasteiger partial charge in [-0.3, -0.25) is 9.59 Å². The zero-order valence-corrected chi connectivity index (χ0v) is 11.8. The number of aryl methyl sites for hydroxylation is 1. The topological polar surface area (TPSA) is 46.2 Å². The van der Waals surface area contributed by atoms with Crippen molar-refractivity contribution in [3.05, 3.63) is 34.9 Å². The molecule has 0 saturated heterocycles. The van der Waals surface area contributed by atoms with Gasteiger partial charge in [0, 0.05) is 23.6 Å². The van der Waals surface area contributed by atoms with Crippen LogP contribution >= 0.6 is 0 Å². The average molecular weight is 259 g/mol. The van der Waals surface area contributed by atoms with Crippen molar-refractivity contribution in [2.75, 3.05) is 6.54 Å². The summed E-state index contributed by atoms with van der Waals surface area (Å²) in [6, 6.07) is 5.55. The van der Waals surface area contributed by atoms with Gasteiger partial charge in [0.1, 0.15) is 0 Å². The molecule has 0 saturated carbocycles. The predicted octanol–water partition coefficient (Wildman–Crippen LogP) is 2.84. The van der Waals surface area contributed by atoms with Gasteiger partial charge in [0.25, 0.3) is 5.91 Å². The first-order valence-electron chi connectivity index (χ1n) is 6.96. The molecule has 1 amide bonds. The molecule has 1 aliphatic rings. The van der Waals surface area contributed by atoms with Crippen LogP contribution in [-0.2, 0) is 6.42 Å². The van der Waals surface area contributed by atoms with Crippen molar-refractivity contribution >= 4 is 11.7 Å². The molecule has 2 rings (SSSR count). The number of hydrogen-bond donors (Lipinski definition) is 1. The van der Waals surface area contributed by atoms with Crippen LogP contribution in [0.25, 0.3) is 0 Å². The molecule has 0 bridgehead atoms. The molecule has 3 nitrogen and oxygen atoms in total. The zero-order valence-electron chi connectivity index (χ0n) is 11.8. The summed E-state index contributed by atoms with van der Waals surface area (Å²) < 4.78 is 0. The minimum absolute atomic E-state index is 0.0214. The summed E-state index contributed by atoms with van der Waals surface area (Å²) in [5.41, 5.74) is 2.36. The summed E-state index contributed by atoms with van der Waals surface area (Å²) in [5.74, 6) is 0.348. The molecule has 1 atom stereocenters. The van der Waals surface area contributed by atoms with Gasteiger partial charge in [0.15, 0.2) is 5.78 Å². The molecule has 0 aliphatic carbocycles. The van der Waals surface area contributed by atoms with Gasteiger partial charge in [-0.15, -0.1) is 0 Å². The van der Waals surface area contributed by atoms with E-state index in [0.29, 0.717) is 23.6 Å². The molecule has 0 aromatic heterocycles. The van der Waals surface area contributed by atoms with Crippen LogP contribution in [-0.4, -0.2) is 18.2 Å². The lowest BCUT2D eigenvalue weighted by Gasteiger charge is -2.15. The van der Waals surface area contributed by atoms with Gasteiger partial charge in [0.2, 0.25) is 0 Å². The van der Waals surface area contributed by atoms with Crippen molar-refractivity contribution in [1.29, 1.82) is 0 Å². The van der Waals surface area contributed by atoms with Crippen LogP contribution < -0.4 is 5.32 Å². The Bertz CT molecular complexity index is 505. The summed E-state index contributed by atoms with van der Waals surface area (Å²) in [5, 5.41) is 2.87. The number of benzene rings is 1. The monoisotopic (exact) mass is 259 g/mol.